The number of hydrogen-bond acceptors (Lipinski definition) is 5. The summed E-state index contributed by atoms with van der Waals surface area (Å²) in [6, 6.07) is 4.35. The second-order valence-corrected chi connectivity index (χ2v) is 5.11. The Morgan fingerprint density at radius 2 is 2.05 bits per heavy atom. The monoisotopic (exact) mass is 280 g/mol. The van der Waals surface area contributed by atoms with Gasteiger partial charge in [-0.25, -0.2) is 0 Å². The first kappa shape index (κ1) is 15.9. The number of benzene rings is 1. The Hall–Kier alpha value is -2.15. The van der Waals surface area contributed by atoms with Gasteiger partial charge in [0.05, 0.1) is 4.92 Å². The van der Waals surface area contributed by atoms with Crippen LogP contribution in [0.4, 0.5) is 11.4 Å². The van der Waals surface area contributed by atoms with Crippen LogP contribution in [0.2, 0.25) is 0 Å². The Labute approximate surface area is 117 Å². The quantitative estimate of drug-likeness (QED) is 0.419. The van der Waals surface area contributed by atoms with E-state index in [0.717, 1.165) is 6.42 Å². The van der Waals surface area contributed by atoms with Crippen LogP contribution in [0.25, 0.3) is 0 Å². The Morgan fingerprint density at radius 1 is 1.40 bits per heavy atom. The number of anilines is 1. The lowest BCUT2D eigenvalue weighted by molar-refractivity contribution is -0.384. The Morgan fingerprint density at radius 3 is 2.55 bits per heavy atom. The molecule has 1 amide bonds. The molecule has 7 nitrogen and oxygen atoms in total. The number of nitrogens with two attached hydrogens (primary N) is 1. The molecule has 0 aliphatic carbocycles. The van der Waals surface area contributed by atoms with Crippen molar-refractivity contribution in [1.82, 2.24) is 5.32 Å². The van der Waals surface area contributed by atoms with E-state index in [-0.39, 0.29) is 23.0 Å². The van der Waals surface area contributed by atoms with Crippen LogP contribution in [0.5, 0.6) is 0 Å². The second kappa shape index (κ2) is 6.85. The molecule has 0 saturated heterocycles. The van der Waals surface area contributed by atoms with E-state index in [2.05, 4.69) is 10.7 Å². The van der Waals surface area contributed by atoms with E-state index in [1.54, 1.807) is 6.07 Å². The molecule has 0 aromatic heterocycles. The Balaban J connectivity index is 3.01. The standard InChI is InChI=1S/C13H20N4O3/c1-8(2)7-9(3)15-13(18)10-5-4-6-11(16-14)12(10)17(19)20/h4-6,8-9,16H,7,14H2,1-3H3,(H,15,18). The molecule has 4 N–H and O–H groups in total. The lowest BCUT2D eigenvalue weighted by Crippen LogP contribution is -2.34. The van der Waals surface area contributed by atoms with Gasteiger partial charge >= 0.3 is 5.69 Å². The van der Waals surface area contributed by atoms with E-state index in [9.17, 15) is 14.9 Å². The summed E-state index contributed by atoms with van der Waals surface area (Å²) >= 11 is 0. The highest BCUT2D eigenvalue weighted by molar-refractivity contribution is 6.00. The number of nitro groups is 1. The van der Waals surface area contributed by atoms with Crippen molar-refractivity contribution in [1.29, 1.82) is 0 Å². The highest BCUT2D eigenvalue weighted by Gasteiger charge is 2.24. The van der Waals surface area contributed by atoms with Crippen molar-refractivity contribution in [2.45, 2.75) is 33.2 Å². The first-order valence-corrected chi connectivity index (χ1v) is 6.41. The molecule has 20 heavy (non-hydrogen) atoms. The number of carbonyl (C=O) groups is 1. The summed E-state index contributed by atoms with van der Waals surface area (Å²) < 4.78 is 0. The number of nitro benzene ring substituents is 1. The number of hydrogen-bond donors (Lipinski definition) is 3. The predicted octanol–water partition coefficient (Wildman–Crippen LogP) is 2.04. The van der Waals surface area contributed by atoms with Crippen molar-refractivity contribution in [2.24, 2.45) is 11.8 Å². The maximum atomic E-state index is 12.1. The number of nitrogens with one attached hydrogen (secondary N) is 2. The number of amides is 1. The molecule has 1 unspecified atom stereocenters. The minimum Gasteiger partial charge on any atom is -0.349 e. The van der Waals surface area contributed by atoms with Gasteiger partial charge in [0, 0.05) is 6.04 Å². The predicted molar refractivity (Wildman–Crippen MR) is 77.3 cm³/mol. The number of carbonyl (C=O) groups excluding carboxylic acids is 1. The third kappa shape index (κ3) is 3.92. The zero-order valence-corrected chi connectivity index (χ0v) is 11.8. The summed E-state index contributed by atoms with van der Waals surface area (Å²) in [5.74, 6) is 5.20. The average Bonchev–Trinajstić information content (AvgIpc) is 2.36. The van der Waals surface area contributed by atoms with Gasteiger partial charge in [-0.15, -0.1) is 0 Å². The van der Waals surface area contributed by atoms with E-state index in [0.29, 0.717) is 5.92 Å². The molecule has 1 rings (SSSR count). The summed E-state index contributed by atoms with van der Waals surface area (Å²) in [6.07, 6.45) is 0.800. The van der Waals surface area contributed by atoms with Gasteiger partial charge in [0.2, 0.25) is 0 Å². The molecule has 0 bridgehead atoms. The minimum absolute atomic E-state index is 0.000978. The normalized spacial score (nSPS) is 12.1. The zero-order chi connectivity index (χ0) is 15.3. The van der Waals surface area contributed by atoms with Crippen molar-refractivity contribution in [2.75, 3.05) is 5.43 Å². The van der Waals surface area contributed by atoms with Gasteiger partial charge in [0.25, 0.3) is 5.91 Å². The third-order valence-corrected chi connectivity index (χ3v) is 2.82. The highest BCUT2D eigenvalue weighted by Crippen LogP contribution is 2.27. The van der Waals surface area contributed by atoms with E-state index in [1.807, 2.05) is 20.8 Å². The Bertz CT molecular complexity index is 502. The van der Waals surface area contributed by atoms with E-state index in [4.69, 9.17) is 5.84 Å². The van der Waals surface area contributed by atoms with Crippen molar-refractivity contribution < 1.29 is 9.72 Å². The molecule has 0 aliphatic rings. The summed E-state index contributed by atoms with van der Waals surface area (Å²) in [6.45, 7) is 5.96. The molecular weight excluding hydrogens is 260 g/mol. The first-order valence-electron chi connectivity index (χ1n) is 6.41. The number of nitrogens with zero attached hydrogens (tertiary/aromatic N) is 1. The van der Waals surface area contributed by atoms with Crippen LogP contribution < -0.4 is 16.6 Å². The average molecular weight is 280 g/mol. The zero-order valence-electron chi connectivity index (χ0n) is 11.8. The minimum atomic E-state index is -0.614. The lowest BCUT2D eigenvalue weighted by Gasteiger charge is -2.16. The molecule has 110 valence electrons. The molecule has 1 atom stereocenters. The van der Waals surface area contributed by atoms with Crippen LogP contribution in [0, 0.1) is 16.0 Å². The summed E-state index contributed by atoms with van der Waals surface area (Å²) in [5.41, 5.74) is 2.03. The fourth-order valence-corrected chi connectivity index (χ4v) is 2.11. The Kier molecular flexibility index (Phi) is 5.45. The van der Waals surface area contributed by atoms with Gasteiger partial charge in [-0.05, 0) is 31.4 Å². The number of hydrazine groups is 1. The molecule has 0 heterocycles. The van der Waals surface area contributed by atoms with Crippen molar-refractivity contribution in [3.05, 3.63) is 33.9 Å². The van der Waals surface area contributed by atoms with Gasteiger partial charge in [0.1, 0.15) is 11.3 Å². The smallest absolute Gasteiger partial charge is 0.306 e. The first-order chi connectivity index (χ1) is 9.36. The highest BCUT2D eigenvalue weighted by atomic mass is 16.6. The van der Waals surface area contributed by atoms with E-state index >= 15 is 0 Å². The topological polar surface area (TPSA) is 110 Å². The number of para-hydroxylation sites is 1. The van der Waals surface area contributed by atoms with Crippen LogP contribution in [-0.2, 0) is 0 Å². The van der Waals surface area contributed by atoms with E-state index < -0.39 is 10.8 Å². The number of nitrogen functional groups attached to an aromatic ring is 1. The molecule has 0 spiro atoms. The molecule has 0 saturated carbocycles. The van der Waals surface area contributed by atoms with Crippen LogP contribution in [0.1, 0.15) is 37.6 Å². The van der Waals surface area contributed by atoms with Crippen LogP contribution in [0.15, 0.2) is 18.2 Å². The molecular formula is C13H20N4O3. The van der Waals surface area contributed by atoms with Gasteiger partial charge in [0.15, 0.2) is 0 Å². The summed E-state index contributed by atoms with van der Waals surface area (Å²) in [5, 5.41) is 13.9. The van der Waals surface area contributed by atoms with Gasteiger partial charge in [-0.1, -0.05) is 19.9 Å². The largest absolute Gasteiger partial charge is 0.349 e. The van der Waals surface area contributed by atoms with Gasteiger partial charge in [-0.3, -0.25) is 20.8 Å². The summed E-state index contributed by atoms with van der Waals surface area (Å²) in [7, 11) is 0. The maximum absolute atomic E-state index is 12.1. The molecule has 7 heteroatoms. The van der Waals surface area contributed by atoms with Gasteiger partial charge in [-0.2, -0.15) is 0 Å². The fourth-order valence-electron chi connectivity index (χ4n) is 2.11. The lowest BCUT2D eigenvalue weighted by atomic mass is 10.0. The molecule has 1 aromatic carbocycles. The molecule has 1 aromatic rings. The molecule has 0 fully saturated rings. The third-order valence-electron chi connectivity index (χ3n) is 2.82. The van der Waals surface area contributed by atoms with E-state index in [1.165, 1.54) is 12.1 Å². The molecule has 0 aliphatic heterocycles. The van der Waals surface area contributed by atoms with Crippen molar-refractivity contribution in [3.8, 4) is 0 Å². The van der Waals surface area contributed by atoms with Crippen LogP contribution in [0.3, 0.4) is 0 Å². The maximum Gasteiger partial charge on any atom is 0.306 e. The van der Waals surface area contributed by atoms with Gasteiger partial charge < -0.3 is 10.7 Å². The second-order valence-electron chi connectivity index (χ2n) is 5.11. The fraction of sp³-hybridized carbons (Fsp3) is 0.462. The molecule has 0 radical (unpaired) electrons. The SMILES string of the molecule is CC(C)CC(C)NC(=O)c1cccc(NN)c1[N+](=O)[O-]. The van der Waals surface area contributed by atoms with Crippen LogP contribution in [-0.4, -0.2) is 16.9 Å². The van der Waals surface area contributed by atoms with Crippen molar-refractivity contribution >= 4 is 17.3 Å². The van der Waals surface area contributed by atoms with Crippen LogP contribution >= 0.6 is 0 Å². The van der Waals surface area contributed by atoms with Crippen molar-refractivity contribution in [3.63, 3.8) is 0 Å². The number of rotatable bonds is 6. The summed E-state index contributed by atoms with van der Waals surface area (Å²) in [4.78, 5) is 22.6.